The molecule has 0 heterocycles. The van der Waals surface area contributed by atoms with Crippen molar-refractivity contribution in [2.24, 2.45) is 11.3 Å². The molecule has 2 aliphatic carbocycles. The van der Waals surface area contributed by atoms with Gasteiger partial charge in [-0.3, -0.25) is 0 Å². The molecule has 3 unspecified atom stereocenters. The van der Waals surface area contributed by atoms with Crippen LogP contribution in [0.25, 0.3) is 0 Å². The minimum atomic E-state index is 0.313. The summed E-state index contributed by atoms with van der Waals surface area (Å²) >= 11 is 0. The molecule has 0 radical (unpaired) electrons. The van der Waals surface area contributed by atoms with E-state index in [4.69, 9.17) is 4.74 Å². The second-order valence-electron chi connectivity index (χ2n) is 6.30. The van der Waals surface area contributed by atoms with Crippen LogP contribution in [0.1, 0.15) is 53.4 Å². The lowest BCUT2D eigenvalue weighted by Crippen LogP contribution is -2.62. The van der Waals surface area contributed by atoms with Gasteiger partial charge in [0.15, 0.2) is 0 Å². The molecule has 1 N–H and O–H groups in total. The summed E-state index contributed by atoms with van der Waals surface area (Å²) < 4.78 is 5.76. The van der Waals surface area contributed by atoms with E-state index in [-0.39, 0.29) is 0 Å². The number of nitrogens with one attached hydrogen (secondary N) is 1. The number of hydrogen-bond donors (Lipinski definition) is 1. The van der Waals surface area contributed by atoms with Gasteiger partial charge < -0.3 is 10.1 Å². The third-order valence-electron chi connectivity index (χ3n) is 4.42. The fraction of sp³-hybridized carbons (Fsp3) is 1.00. The summed E-state index contributed by atoms with van der Waals surface area (Å²) in [6.45, 7) is 9.93. The van der Waals surface area contributed by atoms with E-state index in [1.165, 1.54) is 25.7 Å². The van der Waals surface area contributed by atoms with E-state index < -0.39 is 0 Å². The molecule has 0 aromatic rings. The molecule has 0 aromatic heterocycles. The van der Waals surface area contributed by atoms with E-state index in [0.717, 1.165) is 12.5 Å². The highest BCUT2D eigenvalue weighted by molar-refractivity contribution is 5.03. The maximum Gasteiger partial charge on any atom is 0.0655 e. The SMILES string of the molecule is CCOC1CC(NC(C)CC2CC2)C1(C)C. The fourth-order valence-corrected chi connectivity index (χ4v) is 2.92. The molecule has 0 spiro atoms. The first-order valence-corrected chi connectivity index (χ1v) is 6.91. The monoisotopic (exact) mass is 225 g/mol. The van der Waals surface area contributed by atoms with E-state index in [9.17, 15) is 0 Å². The molecular weight excluding hydrogens is 198 g/mol. The van der Waals surface area contributed by atoms with Gasteiger partial charge >= 0.3 is 0 Å². The topological polar surface area (TPSA) is 21.3 Å². The van der Waals surface area contributed by atoms with Crippen molar-refractivity contribution in [3.63, 3.8) is 0 Å². The van der Waals surface area contributed by atoms with Gasteiger partial charge in [-0.15, -0.1) is 0 Å². The first kappa shape index (κ1) is 12.4. The van der Waals surface area contributed by atoms with Gasteiger partial charge in [0, 0.05) is 24.1 Å². The Morgan fingerprint density at radius 2 is 2.06 bits per heavy atom. The first-order valence-electron chi connectivity index (χ1n) is 6.91. The third-order valence-corrected chi connectivity index (χ3v) is 4.42. The summed E-state index contributed by atoms with van der Waals surface area (Å²) in [6, 6.07) is 1.33. The maximum atomic E-state index is 5.76. The van der Waals surface area contributed by atoms with Gasteiger partial charge in [-0.2, -0.15) is 0 Å². The van der Waals surface area contributed by atoms with Crippen LogP contribution in [0.3, 0.4) is 0 Å². The Balaban J connectivity index is 1.74. The zero-order chi connectivity index (χ0) is 11.8. The van der Waals surface area contributed by atoms with Crippen molar-refractivity contribution in [3.05, 3.63) is 0 Å². The molecule has 2 heteroatoms. The highest BCUT2D eigenvalue weighted by Crippen LogP contribution is 2.43. The van der Waals surface area contributed by atoms with Crippen molar-refractivity contribution < 1.29 is 4.74 Å². The second kappa shape index (κ2) is 4.66. The van der Waals surface area contributed by atoms with Gasteiger partial charge in [0.25, 0.3) is 0 Å². The van der Waals surface area contributed by atoms with Crippen molar-refractivity contribution >= 4 is 0 Å². The molecule has 2 nitrogen and oxygen atoms in total. The van der Waals surface area contributed by atoms with Gasteiger partial charge in [-0.05, 0) is 32.6 Å². The zero-order valence-electron chi connectivity index (χ0n) is 11.3. The molecule has 0 bridgehead atoms. The largest absolute Gasteiger partial charge is 0.378 e. The average molecular weight is 225 g/mol. The minimum absolute atomic E-state index is 0.313. The lowest BCUT2D eigenvalue weighted by atomic mass is 9.64. The zero-order valence-corrected chi connectivity index (χ0v) is 11.3. The molecule has 16 heavy (non-hydrogen) atoms. The Kier molecular flexibility index (Phi) is 3.60. The predicted octanol–water partition coefficient (Wildman–Crippen LogP) is 2.97. The van der Waals surface area contributed by atoms with Crippen LogP contribution >= 0.6 is 0 Å². The lowest BCUT2D eigenvalue weighted by molar-refractivity contribution is -0.116. The quantitative estimate of drug-likeness (QED) is 0.750. The molecule has 0 aromatic carbocycles. The van der Waals surface area contributed by atoms with Crippen LogP contribution in [-0.4, -0.2) is 24.8 Å². The summed E-state index contributed by atoms with van der Waals surface area (Å²) in [5.41, 5.74) is 0.313. The van der Waals surface area contributed by atoms with Crippen LogP contribution in [0.15, 0.2) is 0 Å². The Hall–Kier alpha value is -0.0800. The summed E-state index contributed by atoms with van der Waals surface area (Å²) in [5.74, 6) is 1.02. The normalized spacial score (nSPS) is 34.5. The van der Waals surface area contributed by atoms with Crippen molar-refractivity contribution in [1.82, 2.24) is 5.32 Å². The van der Waals surface area contributed by atoms with E-state index in [2.05, 4.69) is 33.0 Å². The Morgan fingerprint density at radius 1 is 1.38 bits per heavy atom. The summed E-state index contributed by atoms with van der Waals surface area (Å²) in [4.78, 5) is 0. The highest BCUT2D eigenvalue weighted by Gasteiger charge is 2.49. The van der Waals surface area contributed by atoms with Crippen LogP contribution in [-0.2, 0) is 4.74 Å². The molecule has 2 fully saturated rings. The van der Waals surface area contributed by atoms with E-state index >= 15 is 0 Å². The van der Waals surface area contributed by atoms with Crippen molar-refractivity contribution in [2.45, 2.75) is 71.6 Å². The predicted molar refractivity (Wildman–Crippen MR) is 67.5 cm³/mol. The lowest BCUT2D eigenvalue weighted by Gasteiger charge is -2.52. The summed E-state index contributed by atoms with van der Waals surface area (Å²) in [6.07, 6.45) is 5.94. The van der Waals surface area contributed by atoms with Crippen LogP contribution in [0.4, 0.5) is 0 Å². The molecule has 2 aliphatic rings. The van der Waals surface area contributed by atoms with Crippen molar-refractivity contribution in [2.75, 3.05) is 6.61 Å². The molecule has 0 amide bonds. The molecule has 0 saturated heterocycles. The van der Waals surface area contributed by atoms with E-state index in [1.54, 1.807) is 0 Å². The third kappa shape index (κ3) is 2.60. The fourth-order valence-electron chi connectivity index (χ4n) is 2.92. The Labute approximate surface area is 100 Å². The molecule has 3 atom stereocenters. The molecule has 2 saturated carbocycles. The number of hydrogen-bond acceptors (Lipinski definition) is 2. The highest BCUT2D eigenvalue weighted by atomic mass is 16.5. The first-order chi connectivity index (χ1) is 7.54. The van der Waals surface area contributed by atoms with Crippen LogP contribution < -0.4 is 5.32 Å². The standard InChI is InChI=1S/C14H27NO/c1-5-16-13-9-12(14(13,3)4)15-10(2)8-11-6-7-11/h10-13,15H,5-9H2,1-4H3. The maximum absolute atomic E-state index is 5.76. The van der Waals surface area contributed by atoms with Gasteiger partial charge in [0.05, 0.1) is 6.10 Å². The summed E-state index contributed by atoms with van der Waals surface area (Å²) in [7, 11) is 0. The smallest absolute Gasteiger partial charge is 0.0655 e. The number of ether oxygens (including phenoxy) is 1. The van der Waals surface area contributed by atoms with Crippen molar-refractivity contribution in [3.8, 4) is 0 Å². The van der Waals surface area contributed by atoms with E-state index in [0.29, 0.717) is 23.6 Å². The van der Waals surface area contributed by atoms with Gasteiger partial charge in [0.2, 0.25) is 0 Å². The minimum Gasteiger partial charge on any atom is -0.378 e. The second-order valence-corrected chi connectivity index (χ2v) is 6.30. The van der Waals surface area contributed by atoms with Gasteiger partial charge in [-0.1, -0.05) is 26.7 Å². The van der Waals surface area contributed by atoms with Gasteiger partial charge in [0.1, 0.15) is 0 Å². The Bertz CT molecular complexity index is 235. The molecule has 2 rings (SSSR count). The van der Waals surface area contributed by atoms with Crippen LogP contribution in [0.5, 0.6) is 0 Å². The molecule has 94 valence electrons. The summed E-state index contributed by atoms with van der Waals surface area (Å²) in [5, 5.41) is 3.79. The van der Waals surface area contributed by atoms with Crippen molar-refractivity contribution in [1.29, 1.82) is 0 Å². The Morgan fingerprint density at radius 3 is 2.56 bits per heavy atom. The molecular formula is C14H27NO. The number of rotatable bonds is 6. The van der Waals surface area contributed by atoms with Crippen LogP contribution in [0, 0.1) is 11.3 Å². The van der Waals surface area contributed by atoms with E-state index in [1.807, 2.05) is 0 Å². The van der Waals surface area contributed by atoms with Crippen LogP contribution in [0.2, 0.25) is 0 Å². The molecule has 0 aliphatic heterocycles. The average Bonchev–Trinajstić information content (AvgIpc) is 3.00. The van der Waals surface area contributed by atoms with Gasteiger partial charge in [-0.25, -0.2) is 0 Å².